The summed E-state index contributed by atoms with van der Waals surface area (Å²) in [5.74, 6) is 0. The zero-order chi connectivity index (χ0) is 14.3. The lowest BCUT2D eigenvalue weighted by atomic mass is 10.1. The van der Waals surface area contributed by atoms with Crippen LogP contribution in [0.25, 0.3) is 0 Å². The SMILES string of the molecule is O=S(=O)(c1ccc(Cl)cc1Cl)N1C2CCNCC1CC2. The third-order valence-electron chi connectivity index (χ3n) is 4.04. The Balaban J connectivity index is 2.03. The van der Waals surface area contributed by atoms with Gasteiger partial charge in [-0.25, -0.2) is 8.42 Å². The van der Waals surface area contributed by atoms with E-state index < -0.39 is 10.0 Å². The Morgan fingerprint density at radius 2 is 1.90 bits per heavy atom. The number of nitrogens with one attached hydrogen (secondary N) is 1. The molecule has 0 radical (unpaired) electrons. The van der Waals surface area contributed by atoms with Gasteiger partial charge in [-0.3, -0.25) is 0 Å². The molecule has 1 aromatic rings. The zero-order valence-electron chi connectivity index (χ0n) is 10.9. The molecule has 7 heteroatoms. The second-order valence-corrected chi connectivity index (χ2v) is 7.94. The fraction of sp³-hybridized carbons (Fsp3) is 0.538. The molecule has 2 aliphatic heterocycles. The van der Waals surface area contributed by atoms with Crippen LogP contribution in [-0.4, -0.2) is 37.9 Å². The van der Waals surface area contributed by atoms with Crippen LogP contribution in [0.5, 0.6) is 0 Å². The van der Waals surface area contributed by atoms with Gasteiger partial charge in [0.05, 0.1) is 5.02 Å². The third-order valence-corrected chi connectivity index (χ3v) is 6.76. The fourth-order valence-corrected chi connectivity index (χ4v) is 5.78. The summed E-state index contributed by atoms with van der Waals surface area (Å²) in [4.78, 5) is 0.155. The Kier molecular flexibility index (Phi) is 3.99. The van der Waals surface area contributed by atoms with E-state index in [0.717, 1.165) is 25.8 Å². The number of hydrogen-bond donors (Lipinski definition) is 1. The normalized spacial score (nSPS) is 27.5. The maximum atomic E-state index is 12.9. The molecule has 110 valence electrons. The molecule has 20 heavy (non-hydrogen) atoms. The first-order chi connectivity index (χ1) is 9.50. The second-order valence-electron chi connectivity index (χ2n) is 5.29. The molecule has 0 aromatic heterocycles. The summed E-state index contributed by atoms with van der Waals surface area (Å²) in [6.45, 7) is 1.57. The fourth-order valence-electron chi connectivity index (χ4n) is 3.13. The highest BCUT2D eigenvalue weighted by molar-refractivity contribution is 7.89. The number of halogens is 2. The van der Waals surface area contributed by atoms with Crippen molar-refractivity contribution in [2.24, 2.45) is 0 Å². The summed E-state index contributed by atoms with van der Waals surface area (Å²) in [6.07, 6.45) is 2.68. The smallest absolute Gasteiger partial charge is 0.245 e. The van der Waals surface area contributed by atoms with Crippen molar-refractivity contribution in [2.75, 3.05) is 13.1 Å². The van der Waals surface area contributed by atoms with Crippen LogP contribution >= 0.6 is 23.2 Å². The molecule has 2 unspecified atom stereocenters. The molecule has 0 spiro atoms. The van der Waals surface area contributed by atoms with Crippen molar-refractivity contribution in [3.63, 3.8) is 0 Å². The van der Waals surface area contributed by atoms with Gasteiger partial charge in [0.1, 0.15) is 4.90 Å². The first-order valence-corrected chi connectivity index (χ1v) is 8.89. The molecule has 1 aromatic carbocycles. The third kappa shape index (κ3) is 2.46. The number of fused-ring (bicyclic) bond motifs is 2. The van der Waals surface area contributed by atoms with Gasteiger partial charge in [0.2, 0.25) is 10.0 Å². The Labute approximate surface area is 129 Å². The highest BCUT2D eigenvalue weighted by Crippen LogP contribution is 2.36. The second kappa shape index (κ2) is 5.46. The number of rotatable bonds is 2. The van der Waals surface area contributed by atoms with Crippen LogP contribution in [-0.2, 0) is 10.0 Å². The molecule has 2 bridgehead atoms. The van der Waals surface area contributed by atoms with Crippen molar-refractivity contribution in [2.45, 2.75) is 36.2 Å². The highest BCUT2D eigenvalue weighted by atomic mass is 35.5. The molecule has 1 N–H and O–H groups in total. The monoisotopic (exact) mass is 334 g/mol. The van der Waals surface area contributed by atoms with Crippen LogP contribution in [0, 0.1) is 0 Å². The largest absolute Gasteiger partial charge is 0.315 e. The van der Waals surface area contributed by atoms with Crippen LogP contribution in [0.4, 0.5) is 0 Å². The van der Waals surface area contributed by atoms with E-state index in [0.29, 0.717) is 11.6 Å². The van der Waals surface area contributed by atoms with Gasteiger partial charge >= 0.3 is 0 Å². The van der Waals surface area contributed by atoms with Crippen molar-refractivity contribution in [3.8, 4) is 0 Å². The minimum Gasteiger partial charge on any atom is -0.315 e. The van der Waals surface area contributed by atoms with Gasteiger partial charge in [-0.05, 0) is 44.0 Å². The Morgan fingerprint density at radius 3 is 2.65 bits per heavy atom. The molecule has 2 heterocycles. The average molecular weight is 335 g/mol. The van der Waals surface area contributed by atoms with Gasteiger partial charge in [-0.1, -0.05) is 23.2 Å². The molecule has 2 fully saturated rings. The summed E-state index contributed by atoms with van der Waals surface area (Å²) in [5.41, 5.74) is 0. The van der Waals surface area contributed by atoms with Crippen LogP contribution in [0.2, 0.25) is 10.0 Å². The van der Waals surface area contributed by atoms with E-state index >= 15 is 0 Å². The van der Waals surface area contributed by atoms with Crippen LogP contribution in [0.1, 0.15) is 19.3 Å². The van der Waals surface area contributed by atoms with Gasteiger partial charge in [-0.15, -0.1) is 0 Å². The summed E-state index contributed by atoms with van der Waals surface area (Å²) in [6, 6.07) is 4.65. The molecule has 3 rings (SSSR count). The van der Waals surface area contributed by atoms with Crippen LogP contribution in [0.15, 0.2) is 23.1 Å². The Bertz CT molecular complexity index is 607. The standard InChI is InChI=1S/C13H16Cl2N2O2S/c14-9-1-4-13(12(15)7-9)20(18,19)17-10-2-3-11(17)8-16-6-5-10/h1,4,7,10-11,16H,2-3,5-6,8H2. The predicted octanol–water partition coefficient (Wildman–Crippen LogP) is 2.51. The number of nitrogens with zero attached hydrogens (tertiary/aromatic N) is 1. The van der Waals surface area contributed by atoms with Crippen molar-refractivity contribution in [1.29, 1.82) is 0 Å². The van der Waals surface area contributed by atoms with Crippen molar-refractivity contribution < 1.29 is 8.42 Å². The Hall–Kier alpha value is -0.330. The summed E-state index contributed by atoms with van der Waals surface area (Å²) in [5, 5.41) is 3.92. The van der Waals surface area contributed by atoms with Gasteiger partial charge in [0.15, 0.2) is 0 Å². The average Bonchev–Trinajstić information content (AvgIpc) is 2.63. The van der Waals surface area contributed by atoms with Crippen molar-refractivity contribution in [1.82, 2.24) is 9.62 Å². The van der Waals surface area contributed by atoms with Crippen molar-refractivity contribution >= 4 is 33.2 Å². The van der Waals surface area contributed by atoms with Gasteiger partial charge in [0, 0.05) is 23.7 Å². The van der Waals surface area contributed by atoms with Crippen molar-refractivity contribution in [3.05, 3.63) is 28.2 Å². The van der Waals surface area contributed by atoms with E-state index in [1.165, 1.54) is 12.1 Å². The molecular weight excluding hydrogens is 319 g/mol. The number of hydrogen-bond acceptors (Lipinski definition) is 3. The first kappa shape index (κ1) is 14.6. The molecule has 0 amide bonds. The molecule has 0 aliphatic carbocycles. The van der Waals surface area contributed by atoms with Gasteiger partial charge in [-0.2, -0.15) is 4.31 Å². The quantitative estimate of drug-likeness (QED) is 0.903. The molecule has 2 aliphatic rings. The molecule has 2 atom stereocenters. The topological polar surface area (TPSA) is 49.4 Å². The minimum absolute atomic E-state index is 0.0271. The molecule has 2 saturated heterocycles. The van der Waals surface area contributed by atoms with E-state index in [2.05, 4.69) is 5.32 Å². The summed E-state index contributed by atoms with van der Waals surface area (Å²) < 4.78 is 27.5. The predicted molar refractivity (Wildman–Crippen MR) is 79.8 cm³/mol. The van der Waals surface area contributed by atoms with Crippen LogP contribution < -0.4 is 5.32 Å². The molecular formula is C13H16Cl2N2O2S. The first-order valence-electron chi connectivity index (χ1n) is 6.69. The summed E-state index contributed by atoms with van der Waals surface area (Å²) in [7, 11) is -3.57. The maximum Gasteiger partial charge on any atom is 0.245 e. The lowest BCUT2D eigenvalue weighted by Crippen LogP contribution is -2.42. The Morgan fingerprint density at radius 1 is 1.15 bits per heavy atom. The summed E-state index contributed by atoms with van der Waals surface area (Å²) >= 11 is 11.9. The molecule has 4 nitrogen and oxygen atoms in total. The van der Waals surface area contributed by atoms with E-state index in [-0.39, 0.29) is 22.0 Å². The van der Waals surface area contributed by atoms with E-state index in [1.807, 2.05) is 0 Å². The lowest BCUT2D eigenvalue weighted by Gasteiger charge is -2.27. The number of sulfonamides is 1. The minimum atomic E-state index is -3.57. The number of benzene rings is 1. The maximum absolute atomic E-state index is 12.9. The zero-order valence-corrected chi connectivity index (χ0v) is 13.2. The van der Waals surface area contributed by atoms with E-state index in [9.17, 15) is 8.42 Å². The van der Waals surface area contributed by atoms with Crippen LogP contribution in [0.3, 0.4) is 0 Å². The van der Waals surface area contributed by atoms with E-state index in [1.54, 1.807) is 10.4 Å². The van der Waals surface area contributed by atoms with Gasteiger partial charge in [0.25, 0.3) is 0 Å². The lowest BCUT2D eigenvalue weighted by molar-refractivity contribution is 0.334. The highest BCUT2D eigenvalue weighted by Gasteiger charge is 2.43. The van der Waals surface area contributed by atoms with E-state index in [4.69, 9.17) is 23.2 Å². The molecule has 0 saturated carbocycles. The van der Waals surface area contributed by atoms with Gasteiger partial charge < -0.3 is 5.32 Å².